The molecule has 176 valence electrons. The smallest absolute Gasteiger partial charge is 0.408 e. The molecule has 0 aliphatic rings. The van der Waals surface area contributed by atoms with Gasteiger partial charge in [0.1, 0.15) is 5.60 Å². The van der Waals surface area contributed by atoms with Crippen molar-refractivity contribution in [3.05, 3.63) is 75.8 Å². The van der Waals surface area contributed by atoms with Gasteiger partial charge in [-0.15, -0.1) is 0 Å². The molecule has 10 nitrogen and oxygen atoms in total. The Balaban J connectivity index is 2.00. The molecule has 0 bridgehead atoms. The Morgan fingerprint density at radius 2 is 1.76 bits per heavy atom. The van der Waals surface area contributed by atoms with Gasteiger partial charge < -0.3 is 19.5 Å². The van der Waals surface area contributed by atoms with Crippen LogP contribution in [0.25, 0.3) is 0 Å². The summed E-state index contributed by atoms with van der Waals surface area (Å²) in [5.41, 5.74) is -0.163. The molecule has 0 fully saturated rings. The summed E-state index contributed by atoms with van der Waals surface area (Å²) in [6.07, 6.45) is -0.849. The molecule has 0 saturated heterocycles. The van der Waals surface area contributed by atoms with E-state index in [9.17, 15) is 24.5 Å². The quantitative estimate of drug-likeness (QED) is 0.248. The minimum atomic E-state index is -1.23. The van der Waals surface area contributed by atoms with Crippen LogP contribution in [0.4, 0.5) is 10.5 Å². The molecule has 0 spiro atoms. The fraction of sp³-hybridized carbons (Fsp3) is 0.348. The van der Waals surface area contributed by atoms with Gasteiger partial charge in [-0.2, -0.15) is 0 Å². The third-order valence-corrected chi connectivity index (χ3v) is 4.10. The summed E-state index contributed by atoms with van der Waals surface area (Å²) in [5.74, 6) is -1.54. The molecule has 0 saturated carbocycles. The first-order valence-corrected chi connectivity index (χ1v) is 10.1. The van der Waals surface area contributed by atoms with Crippen molar-refractivity contribution in [1.82, 2.24) is 5.32 Å². The highest BCUT2D eigenvalue weighted by atomic mass is 16.6. The molecule has 0 aliphatic heterocycles. The van der Waals surface area contributed by atoms with Crippen LogP contribution in [0, 0.1) is 10.1 Å². The number of ether oxygens (including phenoxy) is 3. The van der Waals surface area contributed by atoms with Gasteiger partial charge in [-0.25, -0.2) is 9.59 Å². The van der Waals surface area contributed by atoms with Crippen molar-refractivity contribution >= 4 is 23.5 Å². The lowest BCUT2D eigenvalue weighted by Crippen LogP contribution is -2.47. The number of nitrogens with one attached hydrogen (secondary N) is 1. The number of nitro groups is 1. The van der Waals surface area contributed by atoms with Crippen LogP contribution in [-0.4, -0.2) is 47.6 Å². The zero-order chi connectivity index (χ0) is 24.4. The van der Waals surface area contributed by atoms with Crippen LogP contribution in [0.5, 0.6) is 0 Å². The Labute approximate surface area is 191 Å². The second-order valence-electron chi connectivity index (χ2n) is 8.04. The van der Waals surface area contributed by atoms with Crippen LogP contribution in [0.15, 0.2) is 54.6 Å². The zero-order valence-electron chi connectivity index (χ0n) is 18.6. The Morgan fingerprint density at radius 3 is 2.39 bits per heavy atom. The van der Waals surface area contributed by atoms with Crippen molar-refractivity contribution in [3.63, 3.8) is 0 Å². The minimum Gasteiger partial charge on any atom is -0.456 e. The molecule has 0 unspecified atom stereocenters. The number of esters is 1. The van der Waals surface area contributed by atoms with Crippen molar-refractivity contribution in [3.8, 4) is 0 Å². The number of hydrogen-bond acceptors (Lipinski definition) is 8. The average molecular weight is 458 g/mol. The van der Waals surface area contributed by atoms with Gasteiger partial charge in [0.05, 0.1) is 18.1 Å². The lowest BCUT2D eigenvalue weighted by Gasteiger charge is -2.23. The van der Waals surface area contributed by atoms with Crippen LogP contribution in [0.2, 0.25) is 0 Å². The lowest BCUT2D eigenvalue weighted by molar-refractivity contribution is -0.384. The maximum atomic E-state index is 12.6. The van der Waals surface area contributed by atoms with Gasteiger partial charge in [-0.05, 0) is 26.3 Å². The predicted molar refractivity (Wildman–Crippen MR) is 118 cm³/mol. The summed E-state index contributed by atoms with van der Waals surface area (Å²) in [6, 6.07) is 13.0. The summed E-state index contributed by atoms with van der Waals surface area (Å²) in [6.45, 7) is 4.31. The molecule has 1 atom stereocenters. The van der Waals surface area contributed by atoms with Gasteiger partial charge in [0.15, 0.2) is 12.6 Å². The monoisotopic (exact) mass is 458 g/mol. The van der Waals surface area contributed by atoms with Crippen molar-refractivity contribution in [2.45, 2.75) is 39.0 Å². The van der Waals surface area contributed by atoms with Crippen LogP contribution < -0.4 is 5.32 Å². The first-order chi connectivity index (χ1) is 15.5. The second kappa shape index (κ2) is 11.7. The number of amides is 1. The highest BCUT2D eigenvalue weighted by Gasteiger charge is 2.27. The Kier molecular flexibility index (Phi) is 9.05. The number of nitro benzene ring substituents is 1. The van der Waals surface area contributed by atoms with E-state index in [1.165, 1.54) is 18.2 Å². The molecule has 0 heterocycles. The fourth-order valence-corrected chi connectivity index (χ4v) is 2.60. The molecule has 2 aromatic carbocycles. The van der Waals surface area contributed by atoms with Crippen LogP contribution in [-0.2, 0) is 25.6 Å². The SMILES string of the molecule is CC(C)(C)OC(=O)N[C@@H](COCc1ccccc1)C(=O)OCC(=O)c1cccc([N+](=O)[O-])c1. The molecule has 0 radical (unpaired) electrons. The molecule has 0 aromatic heterocycles. The van der Waals surface area contributed by atoms with Gasteiger partial charge in [0, 0.05) is 17.7 Å². The van der Waals surface area contributed by atoms with E-state index in [2.05, 4.69) is 5.32 Å². The Morgan fingerprint density at radius 1 is 1.06 bits per heavy atom. The number of alkyl carbamates (subject to hydrolysis) is 1. The summed E-state index contributed by atoms with van der Waals surface area (Å²) >= 11 is 0. The Bertz CT molecular complexity index is 985. The third kappa shape index (κ3) is 9.08. The van der Waals surface area contributed by atoms with Gasteiger partial charge in [0.2, 0.25) is 5.78 Å². The normalized spacial score (nSPS) is 11.8. The maximum absolute atomic E-state index is 12.6. The number of benzene rings is 2. The molecule has 0 aliphatic carbocycles. The maximum Gasteiger partial charge on any atom is 0.408 e. The standard InChI is InChI=1S/C23H26N2O8/c1-23(2,3)33-22(28)24-19(14-31-13-16-8-5-4-6-9-16)21(27)32-15-20(26)17-10-7-11-18(12-17)25(29)30/h4-12,19H,13-15H2,1-3H3,(H,24,28)/t19-/m0/s1. The molecule has 10 heteroatoms. The van der Waals surface area contributed by atoms with Crippen LogP contribution in [0.1, 0.15) is 36.7 Å². The average Bonchev–Trinajstić information content (AvgIpc) is 2.76. The number of non-ortho nitro benzene ring substituents is 1. The molecule has 1 amide bonds. The van der Waals surface area contributed by atoms with Gasteiger partial charge in [-0.1, -0.05) is 42.5 Å². The first kappa shape index (κ1) is 25.5. The number of ketones is 1. The molecule has 33 heavy (non-hydrogen) atoms. The van der Waals surface area contributed by atoms with Gasteiger partial charge in [0.25, 0.3) is 5.69 Å². The molecule has 1 N–H and O–H groups in total. The van der Waals surface area contributed by atoms with E-state index in [1.807, 2.05) is 30.3 Å². The highest BCUT2D eigenvalue weighted by molar-refractivity contribution is 5.98. The molecule has 2 rings (SSSR count). The van der Waals surface area contributed by atoms with Crippen LogP contribution >= 0.6 is 0 Å². The van der Waals surface area contributed by atoms with E-state index in [-0.39, 0.29) is 24.5 Å². The van der Waals surface area contributed by atoms with Gasteiger partial charge in [-0.3, -0.25) is 14.9 Å². The van der Waals surface area contributed by atoms with E-state index < -0.39 is 41.0 Å². The fourth-order valence-electron chi connectivity index (χ4n) is 2.60. The van der Waals surface area contributed by atoms with Crippen molar-refractivity contribution in [1.29, 1.82) is 0 Å². The van der Waals surface area contributed by atoms with E-state index in [0.717, 1.165) is 11.6 Å². The predicted octanol–water partition coefficient (Wildman–Crippen LogP) is 3.43. The summed E-state index contributed by atoms with van der Waals surface area (Å²) in [4.78, 5) is 47.3. The van der Waals surface area contributed by atoms with E-state index in [1.54, 1.807) is 20.8 Å². The Hall–Kier alpha value is -3.79. The van der Waals surface area contributed by atoms with Gasteiger partial charge >= 0.3 is 12.1 Å². The van der Waals surface area contributed by atoms with E-state index in [4.69, 9.17) is 14.2 Å². The molecular weight excluding hydrogens is 432 g/mol. The number of carbonyl (C=O) groups is 3. The summed E-state index contributed by atoms with van der Waals surface area (Å²) in [5, 5.41) is 13.3. The second-order valence-corrected chi connectivity index (χ2v) is 8.04. The topological polar surface area (TPSA) is 134 Å². The largest absolute Gasteiger partial charge is 0.456 e. The molecule has 2 aromatic rings. The minimum absolute atomic E-state index is 0.0222. The molecular formula is C23H26N2O8. The number of hydrogen-bond donors (Lipinski definition) is 1. The van der Waals surface area contributed by atoms with E-state index >= 15 is 0 Å². The summed E-state index contributed by atoms with van der Waals surface area (Å²) < 4.78 is 15.8. The number of nitrogens with zero attached hydrogens (tertiary/aromatic N) is 1. The zero-order valence-corrected chi connectivity index (χ0v) is 18.6. The third-order valence-electron chi connectivity index (χ3n) is 4.10. The highest BCUT2D eigenvalue weighted by Crippen LogP contribution is 2.14. The van der Waals surface area contributed by atoms with Crippen molar-refractivity contribution in [2.75, 3.05) is 13.2 Å². The van der Waals surface area contributed by atoms with Crippen molar-refractivity contribution < 1.29 is 33.5 Å². The van der Waals surface area contributed by atoms with Crippen molar-refractivity contribution in [2.24, 2.45) is 0 Å². The van der Waals surface area contributed by atoms with Crippen LogP contribution in [0.3, 0.4) is 0 Å². The number of Topliss-reactive ketones (excluding diaryl/α,β-unsaturated/α-hetero) is 1. The number of carbonyl (C=O) groups excluding carboxylic acids is 3. The lowest BCUT2D eigenvalue weighted by atomic mass is 10.1. The first-order valence-electron chi connectivity index (χ1n) is 10.1. The van der Waals surface area contributed by atoms with E-state index in [0.29, 0.717) is 0 Å². The number of rotatable bonds is 10. The summed E-state index contributed by atoms with van der Waals surface area (Å²) in [7, 11) is 0.